The highest BCUT2D eigenvalue weighted by Gasteiger charge is 2.30. The van der Waals surface area contributed by atoms with Crippen molar-refractivity contribution in [3.05, 3.63) is 58.8 Å². The molecule has 5 nitrogen and oxygen atoms in total. The molecule has 3 amide bonds. The van der Waals surface area contributed by atoms with Gasteiger partial charge in [0.05, 0.1) is 5.69 Å². The molecule has 0 aromatic heterocycles. The second-order valence-electron chi connectivity index (χ2n) is 7.02. The third-order valence-corrected chi connectivity index (χ3v) is 5.87. The van der Waals surface area contributed by atoms with E-state index in [2.05, 4.69) is 26.6 Å². The van der Waals surface area contributed by atoms with Crippen LogP contribution in [0.4, 0.5) is 20.6 Å². The van der Waals surface area contributed by atoms with Gasteiger partial charge in [0.2, 0.25) is 5.91 Å². The number of amides is 3. The minimum atomic E-state index is -0.339. The van der Waals surface area contributed by atoms with Crippen molar-refractivity contribution in [1.82, 2.24) is 4.90 Å². The second kappa shape index (κ2) is 9.19. The molecule has 0 saturated carbocycles. The number of carbonyl (C=O) groups is 2. The summed E-state index contributed by atoms with van der Waals surface area (Å²) in [5, 5.41) is 5.75. The van der Waals surface area contributed by atoms with Gasteiger partial charge in [0.15, 0.2) is 0 Å². The number of urea groups is 1. The second-order valence-corrected chi connectivity index (χ2v) is 7.87. The van der Waals surface area contributed by atoms with Gasteiger partial charge >= 0.3 is 6.03 Å². The van der Waals surface area contributed by atoms with E-state index in [1.54, 1.807) is 4.90 Å². The average Bonchev–Trinajstić information content (AvgIpc) is 2.71. The molecule has 1 unspecified atom stereocenters. The summed E-state index contributed by atoms with van der Waals surface area (Å²) in [6.45, 7) is 3.11. The standard InChI is InChI=1S/C21H23BrFN3O2/c1-14(20(27)25-19-5-3-2-4-18(19)22)15-10-12-26(13-11-15)21(28)24-17-8-6-16(23)7-9-17/h2-9,14-15H,10-13H2,1H3,(H,24,28)(H,25,27). The molecule has 148 valence electrons. The van der Waals surface area contributed by atoms with Crippen LogP contribution in [0.1, 0.15) is 19.8 Å². The zero-order valence-corrected chi connectivity index (χ0v) is 17.2. The lowest BCUT2D eigenvalue weighted by Gasteiger charge is -2.34. The van der Waals surface area contributed by atoms with Crippen molar-refractivity contribution in [1.29, 1.82) is 0 Å². The van der Waals surface area contributed by atoms with E-state index in [9.17, 15) is 14.0 Å². The van der Waals surface area contributed by atoms with Crippen molar-refractivity contribution in [3.63, 3.8) is 0 Å². The summed E-state index contributed by atoms with van der Waals surface area (Å²) in [5.74, 6) is -0.276. The third kappa shape index (κ3) is 5.10. The van der Waals surface area contributed by atoms with Crippen LogP contribution in [0.3, 0.4) is 0 Å². The molecule has 0 bridgehead atoms. The summed E-state index contributed by atoms with van der Waals surface area (Å²) in [7, 11) is 0. The summed E-state index contributed by atoms with van der Waals surface area (Å²) in [5.41, 5.74) is 1.32. The molecule has 1 saturated heterocycles. The number of likely N-dealkylation sites (tertiary alicyclic amines) is 1. The van der Waals surface area contributed by atoms with Crippen LogP contribution in [-0.2, 0) is 4.79 Å². The number of hydrogen-bond donors (Lipinski definition) is 2. The van der Waals surface area contributed by atoms with Crippen LogP contribution in [-0.4, -0.2) is 29.9 Å². The number of benzene rings is 2. The zero-order chi connectivity index (χ0) is 20.1. The summed E-state index contributed by atoms with van der Waals surface area (Å²) < 4.78 is 13.8. The molecule has 2 N–H and O–H groups in total. The number of nitrogens with one attached hydrogen (secondary N) is 2. The fourth-order valence-corrected chi connectivity index (χ4v) is 3.75. The van der Waals surface area contributed by atoms with Gasteiger partial charge in [0.1, 0.15) is 5.82 Å². The lowest BCUT2D eigenvalue weighted by atomic mass is 9.85. The Balaban J connectivity index is 1.50. The van der Waals surface area contributed by atoms with Crippen LogP contribution in [0, 0.1) is 17.7 Å². The van der Waals surface area contributed by atoms with Crippen LogP contribution in [0.2, 0.25) is 0 Å². The van der Waals surface area contributed by atoms with Crippen molar-refractivity contribution in [2.24, 2.45) is 11.8 Å². The molecule has 1 aliphatic rings. The van der Waals surface area contributed by atoms with Crippen molar-refractivity contribution in [2.75, 3.05) is 23.7 Å². The molecule has 28 heavy (non-hydrogen) atoms. The van der Waals surface area contributed by atoms with Crippen molar-refractivity contribution < 1.29 is 14.0 Å². The molecule has 0 spiro atoms. The highest BCUT2D eigenvalue weighted by Crippen LogP contribution is 2.28. The fourth-order valence-electron chi connectivity index (χ4n) is 3.36. The number of anilines is 2. The number of rotatable bonds is 4. The highest BCUT2D eigenvalue weighted by atomic mass is 79.9. The SMILES string of the molecule is CC(C(=O)Nc1ccccc1Br)C1CCN(C(=O)Nc2ccc(F)cc2)CC1. The number of hydrogen-bond acceptors (Lipinski definition) is 2. The molecule has 2 aromatic carbocycles. The van der Waals surface area contributed by atoms with Crippen molar-refractivity contribution >= 4 is 39.2 Å². The van der Waals surface area contributed by atoms with E-state index in [0.717, 1.165) is 23.0 Å². The van der Waals surface area contributed by atoms with Gasteiger partial charge in [-0.15, -0.1) is 0 Å². The largest absolute Gasteiger partial charge is 0.325 e. The van der Waals surface area contributed by atoms with E-state index in [1.165, 1.54) is 24.3 Å². The van der Waals surface area contributed by atoms with Crippen LogP contribution >= 0.6 is 15.9 Å². The van der Waals surface area contributed by atoms with Crippen LogP contribution in [0.25, 0.3) is 0 Å². The lowest BCUT2D eigenvalue weighted by molar-refractivity contribution is -0.121. The Labute approximate surface area is 172 Å². The van der Waals surface area contributed by atoms with Crippen LogP contribution in [0.5, 0.6) is 0 Å². The zero-order valence-electron chi connectivity index (χ0n) is 15.6. The van der Waals surface area contributed by atoms with E-state index in [0.29, 0.717) is 18.8 Å². The smallest absolute Gasteiger partial charge is 0.321 e. The average molecular weight is 448 g/mol. The van der Waals surface area contributed by atoms with Gasteiger partial charge < -0.3 is 15.5 Å². The minimum Gasteiger partial charge on any atom is -0.325 e. The van der Waals surface area contributed by atoms with Crippen molar-refractivity contribution in [3.8, 4) is 0 Å². The molecule has 1 fully saturated rings. The third-order valence-electron chi connectivity index (χ3n) is 5.17. The first-order valence-corrected chi connectivity index (χ1v) is 10.1. The number of halogens is 2. The Morgan fingerprint density at radius 3 is 2.36 bits per heavy atom. The number of piperidine rings is 1. The van der Waals surface area contributed by atoms with E-state index >= 15 is 0 Å². The quantitative estimate of drug-likeness (QED) is 0.683. The van der Waals surface area contributed by atoms with E-state index < -0.39 is 0 Å². The molecule has 2 aromatic rings. The summed E-state index contributed by atoms with van der Waals surface area (Å²) >= 11 is 3.44. The Bertz CT molecular complexity index is 836. The Hall–Kier alpha value is -2.41. The molecule has 1 aliphatic heterocycles. The summed E-state index contributed by atoms with van der Waals surface area (Å²) in [4.78, 5) is 26.7. The fraction of sp³-hybridized carbons (Fsp3) is 0.333. The van der Waals surface area contributed by atoms with Crippen molar-refractivity contribution in [2.45, 2.75) is 19.8 Å². The summed E-state index contributed by atoms with van der Waals surface area (Å²) in [6, 6.07) is 13.0. The van der Waals surface area contributed by atoms with Gasteiger partial charge in [-0.25, -0.2) is 9.18 Å². The maximum absolute atomic E-state index is 13.0. The van der Waals surface area contributed by atoms with Gasteiger partial charge in [-0.1, -0.05) is 19.1 Å². The first kappa shape index (κ1) is 20.3. The predicted octanol–water partition coefficient (Wildman–Crippen LogP) is 5.11. The Morgan fingerprint density at radius 1 is 1.07 bits per heavy atom. The van der Waals surface area contributed by atoms with Gasteiger partial charge in [-0.3, -0.25) is 4.79 Å². The maximum Gasteiger partial charge on any atom is 0.321 e. The van der Waals surface area contributed by atoms with Gasteiger partial charge in [-0.05, 0) is 71.1 Å². The molecule has 1 heterocycles. The monoisotopic (exact) mass is 447 g/mol. The van der Waals surface area contributed by atoms with E-state index in [1.807, 2.05) is 31.2 Å². The van der Waals surface area contributed by atoms with Gasteiger partial charge in [0.25, 0.3) is 0 Å². The van der Waals surface area contributed by atoms with Crippen LogP contribution < -0.4 is 10.6 Å². The minimum absolute atomic E-state index is 0.0129. The molecule has 0 aliphatic carbocycles. The van der Waals surface area contributed by atoms with Crippen LogP contribution in [0.15, 0.2) is 53.0 Å². The number of para-hydroxylation sites is 1. The number of carbonyl (C=O) groups excluding carboxylic acids is 2. The normalized spacial score (nSPS) is 15.8. The van der Waals surface area contributed by atoms with Gasteiger partial charge in [0, 0.05) is 29.2 Å². The van der Waals surface area contributed by atoms with Gasteiger partial charge in [-0.2, -0.15) is 0 Å². The molecular formula is C21H23BrFN3O2. The first-order valence-electron chi connectivity index (χ1n) is 9.31. The number of nitrogens with zero attached hydrogens (tertiary/aromatic N) is 1. The molecule has 7 heteroatoms. The lowest BCUT2D eigenvalue weighted by Crippen LogP contribution is -2.43. The maximum atomic E-state index is 13.0. The molecule has 1 atom stereocenters. The van der Waals surface area contributed by atoms with E-state index in [4.69, 9.17) is 0 Å². The molecule has 3 rings (SSSR count). The molecule has 0 radical (unpaired) electrons. The topological polar surface area (TPSA) is 61.4 Å². The first-order chi connectivity index (χ1) is 13.4. The van der Waals surface area contributed by atoms with E-state index in [-0.39, 0.29) is 29.6 Å². The Kier molecular flexibility index (Phi) is 6.67. The molecular weight excluding hydrogens is 425 g/mol. The highest BCUT2D eigenvalue weighted by molar-refractivity contribution is 9.10. The predicted molar refractivity (Wildman–Crippen MR) is 112 cm³/mol. The summed E-state index contributed by atoms with van der Waals surface area (Å²) in [6.07, 6.45) is 1.53. The Morgan fingerprint density at radius 2 is 1.71 bits per heavy atom.